The Labute approximate surface area is 165 Å². The van der Waals surface area contributed by atoms with Crippen LogP contribution in [0.3, 0.4) is 0 Å². The lowest BCUT2D eigenvalue weighted by molar-refractivity contribution is -0.116. The fourth-order valence-corrected chi connectivity index (χ4v) is 3.68. The number of anilines is 1. The van der Waals surface area contributed by atoms with Gasteiger partial charge in [0, 0.05) is 12.4 Å². The Kier molecular flexibility index (Phi) is 6.03. The van der Waals surface area contributed by atoms with E-state index in [1.165, 1.54) is 12.4 Å². The van der Waals surface area contributed by atoms with E-state index in [-0.39, 0.29) is 24.8 Å². The van der Waals surface area contributed by atoms with Crippen molar-refractivity contribution in [3.8, 4) is 16.5 Å². The van der Waals surface area contributed by atoms with Gasteiger partial charge in [0.25, 0.3) is 0 Å². The van der Waals surface area contributed by atoms with E-state index >= 15 is 0 Å². The molecule has 0 saturated heterocycles. The third-order valence-electron chi connectivity index (χ3n) is 4.04. The van der Waals surface area contributed by atoms with E-state index in [1.54, 1.807) is 6.92 Å². The minimum Gasteiger partial charge on any atom is -0.493 e. The predicted molar refractivity (Wildman–Crippen MR) is 104 cm³/mol. The average molecular weight is 406 g/mol. The minimum atomic E-state index is -2.69. The number of carbonyl (C=O) groups excluding carboxylic acids is 1. The summed E-state index contributed by atoms with van der Waals surface area (Å²) in [7, 11) is 0. The van der Waals surface area contributed by atoms with Crippen LogP contribution in [0.2, 0.25) is 0 Å². The van der Waals surface area contributed by atoms with Crippen molar-refractivity contribution in [1.82, 2.24) is 14.5 Å². The number of hydrogen-bond acceptors (Lipinski definition) is 5. The van der Waals surface area contributed by atoms with Gasteiger partial charge in [-0.15, -0.1) is 0 Å². The first-order valence-electron chi connectivity index (χ1n) is 8.64. The van der Waals surface area contributed by atoms with Crippen LogP contribution in [0.4, 0.5) is 13.9 Å². The number of imidazole rings is 1. The normalized spacial score (nSPS) is 11.1. The molecule has 3 aromatic rings. The van der Waals surface area contributed by atoms with E-state index in [0.717, 1.165) is 32.8 Å². The molecule has 0 aliphatic heterocycles. The fourth-order valence-electron chi connectivity index (χ4n) is 2.70. The van der Waals surface area contributed by atoms with Gasteiger partial charge in [0.05, 0.1) is 23.6 Å². The fraction of sp³-hybridized carbons (Fsp3) is 0.316. The van der Waals surface area contributed by atoms with E-state index < -0.39 is 6.55 Å². The molecule has 2 aromatic heterocycles. The summed E-state index contributed by atoms with van der Waals surface area (Å²) in [6.07, 6.45) is 2.66. The van der Waals surface area contributed by atoms with Gasteiger partial charge < -0.3 is 10.1 Å². The summed E-state index contributed by atoms with van der Waals surface area (Å²) in [4.78, 5) is 20.9. The molecule has 6 nitrogen and oxygen atoms in total. The number of amides is 1. The zero-order valence-corrected chi connectivity index (χ0v) is 16.5. The van der Waals surface area contributed by atoms with E-state index in [9.17, 15) is 13.6 Å². The third kappa shape index (κ3) is 4.53. The quantitative estimate of drug-likeness (QED) is 0.616. The molecule has 28 heavy (non-hydrogen) atoms. The molecule has 0 atom stereocenters. The first-order chi connectivity index (χ1) is 13.3. The number of halogens is 2. The van der Waals surface area contributed by atoms with Crippen molar-refractivity contribution >= 4 is 22.4 Å². The van der Waals surface area contributed by atoms with Crippen molar-refractivity contribution in [2.24, 2.45) is 0 Å². The lowest BCUT2D eigenvalue weighted by Gasteiger charge is -2.09. The smallest absolute Gasteiger partial charge is 0.320 e. The number of carbonyl (C=O) groups is 1. The highest BCUT2D eigenvalue weighted by Crippen LogP contribution is 2.33. The van der Waals surface area contributed by atoms with Crippen LogP contribution in [0.1, 0.15) is 29.8 Å². The molecule has 0 unspecified atom stereocenters. The number of nitrogens with one attached hydrogen (secondary N) is 1. The van der Waals surface area contributed by atoms with Gasteiger partial charge in [0.15, 0.2) is 11.0 Å². The topological polar surface area (TPSA) is 69.0 Å². The van der Waals surface area contributed by atoms with Crippen LogP contribution in [0, 0.1) is 20.8 Å². The Morgan fingerprint density at radius 2 is 2.11 bits per heavy atom. The van der Waals surface area contributed by atoms with Crippen LogP contribution >= 0.6 is 11.3 Å². The molecule has 1 aromatic carbocycles. The molecule has 0 bridgehead atoms. The summed E-state index contributed by atoms with van der Waals surface area (Å²) < 4.78 is 32.5. The molecule has 0 saturated carbocycles. The van der Waals surface area contributed by atoms with Crippen molar-refractivity contribution < 1.29 is 18.3 Å². The summed E-state index contributed by atoms with van der Waals surface area (Å²) in [6, 6.07) is 5.84. The Morgan fingerprint density at radius 3 is 2.82 bits per heavy atom. The molecular formula is C19H20F2N4O2S. The number of aryl methyl sites for hydroxylation is 3. The maximum absolute atomic E-state index is 13.0. The van der Waals surface area contributed by atoms with Crippen molar-refractivity contribution in [1.29, 1.82) is 0 Å². The van der Waals surface area contributed by atoms with Gasteiger partial charge in [-0.1, -0.05) is 29.0 Å². The number of ether oxygens (including phenoxy) is 1. The van der Waals surface area contributed by atoms with Crippen molar-refractivity contribution in [3.05, 3.63) is 47.4 Å². The average Bonchev–Trinajstić information content (AvgIpc) is 3.23. The van der Waals surface area contributed by atoms with Crippen LogP contribution in [-0.4, -0.2) is 27.0 Å². The van der Waals surface area contributed by atoms with Crippen molar-refractivity contribution in [2.45, 2.75) is 33.7 Å². The molecule has 1 N–H and O–H groups in total. The Balaban J connectivity index is 1.59. The molecular weight excluding hydrogens is 386 g/mol. The van der Waals surface area contributed by atoms with Crippen molar-refractivity contribution in [3.63, 3.8) is 0 Å². The van der Waals surface area contributed by atoms with E-state index in [4.69, 9.17) is 4.74 Å². The third-order valence-corrected chi connectivity index (χ3v) is 5.11. The summed E-state index contributed by atoms with van der Waals surface area (Å²) in [6.45, 7) is 3.17. The number of alkyl halides is 2. The van der Waals surface area contributed by atoms with Gasteiger partial charge in [-0.25, -0.2) is 9.97 Å². The molecule has 9 heteroatoms. The van der Waals surface area contributed by atoms with Gasteiger partial charge in [0.1, 0.15) is 5.75 Å². The van der Waals surface area contributed by atoms with Crippen LogP contribution < -0.4 is 10.1 Å². The number of thiazole rings is 1. The Bertz CT molecular complexity index is 984. The predicted octanol–water partition coefficient (Wildman–Crippen LogP) is 4.73. The minimum absolute atomic E-state index is 0.128. The largest absolute Gasteiger partial charge is 0.493 e. The SMILES string of the molecule is Cc1ccc(OCCC(=O)Nc2nc(C)c(-c3nccn3C(F)F)s2)c(C)c1. The monoisotopic (exact) mass is 406 g/mol. The van der Waals surface area contributed by atoms with Gasteiger partial charge in [-0.2, -0.15) is 8.78 Å². The Hall–Kier alpha value is -2.81. The highest BCUT2D eigenvalue weighted by Gasteiger charge is 2.19. The standard InChI is InChI=1S/C19H20F2N4O2S/c1-11-4-5-14(12(2)10-11)27-9-6-15(26)24-19-23-13(3)16(28-19)17-22-7-8-25(17)18(20)21/h4-5,7-8,10,18H,6,9H2,1-3H3,(H,23,24,26). The van der Waals surface area contributed by atoms with Gasteiger partial charge in [-0.3, -0.25) is 9.36 Å². The highest BCUT2D eigenvalue weighted by molar-refractivity contribution is 7.19. The molecule has 0 aliphatic carbocycles. The van der Waals surface area contributed by atoms with Crippen LogP contribution in [-0.2, 0) is 4.79 Å². The van der Waals surface area contributed by atoms with E-state index in [0.29, 0.717) is 15.7 Å². The van der Waals surface area contributed by atoms with Crippen LogP contribution in [0.15, 0.2) is 30.6 Å². The molecule has 0 fully saturated rings. The molecule has 2 heterocycles. The number of aromatic nitrogens is 3. The van der Waals surface area contributed by atoms with Crippen LogP contribution in [0.5, 0.6) is 5.75 Å². The second-order valence-electron chi connectivity index (χ2n) is 6.28. The van der Waals surface area contributed by atoms with Crippen molar-refractivity contribution in [2.75, 3.05) is 11.9 Å². The maximum Gasteiger partial charge on any atom is 0.320 e. The second kappa shape index (κ2) is 8.47. The van der Waals surface area contributed by atoms with Gasteiger partial charge in [0.2, 0.25) is 5.91 Å². The maximum atomic E-state index is 13.0. The first-order valence-corrected chi connectivity index (χ1v) is 9.45. The number of rotatable bonds is 7. The molecule has 3 rings (SSSR count). The summed E-state index contributed by atoms with van der Waals surface area (Å²) in [5, 5.41) is 3.03. The Morgan fingerprint density at radius 1 is 1.32 bits per heavy atom. The van der Waals surface area contributed by atoms with E-state index in [1.807, 2.05) is 32.0 Å². The number of nitrogens with zero attached hydrogens (tertiary/aromatic N) is 3. The summed E-state index contributed by atoms with van der Waals surface area (Å²) >= 11 is 1.11. The van der Waals surface area contributed by atoms with Gasteiger partial charge in [-0.05, 0) is 32.4 Å². The number of benzene rings is 1. The van der Waals surface area contributed by atoms with E-state index in [2.05, 4.69) is 15.3 Å². The zero-order valence-electron chi connectivity index (χ0n) is 15.7. The van der Waals surface area contributed by atoms with Crippen LogP contribution in [0.25, 0.3) is 10.7 Å². The zero-order chi connectivity index (χ0) is 20.3. The molecule has 0 radical (unpaired) electrons. The lowest BCUT2D eigenvalue weighted by atomic mass is 10.1. The highest BCUT2D eigenvalue weighted by atomic mass is 32.1. The summed E-state index contributed by atoms with van der Waals surface area (Å²) in [5.41, 5.74) is 2.68. The molecule has 1 amide bonds. The molecule has 0 spiro atoms. The molecule has 148 valence electrons. The molecule has 0 aliphatic rings. The summed E-state index contributed by atoms with van der Waals surface area (Å²) in [5.74, 6) is 0.607. The lowest BCUT2D eigenvalue weighted by Crippen LogP contribution is -2.15. The first kappa shape index (κ1) is 19.9. The number of hydrogen-bond donors (Lipinski definition) is 1. The van der Waals surface area contributed by atoms with Gasteiger partial charge >= 0.3 is 6.55 Å². The second-order valence-corrected chi connectivity index (χ2v) is 7.28.